The topological polar surface area (TPSA) is 88.0 Å². The van der Waals surface area contributed by atoms with Gasteiger partial charge in [-0.2, -0.15) is 5.26 Å². The third kappa shape index (κ3) is 3.44. The first-order valence-electron chi connectivity index (χ1n) is 6.96. The van der Waals surface area contributed by atoms with E-state index in [-0.39, 0.29) is 30.5 Å². The quantitative estimate of drug-likeness (QED) is 0.911. The summed E-state index contributed by atoms with van der Waals surface area (Å²) in [7, 11) is 0. The Labute approximate surface area is 128 Å². The van der Waals surface area contributed by atoms with Crippen LogP contribution in [0, 0.1) is 11.3 Å². The van der Waals surface area contributed by atoms with Gasteiger partial charge in [-0.15, -0.1) is 0 Å². The normalized spacial score (nSPS) is 10.5. The molecule has 1 amide bonds. The van der Waals surface area contributed by atoms with Gasteiger partial charge >= 0.3 is 0 Å². The standard InChI is InChI=1S/C16H17N3O3/c1-11(2)14-6-5-12(8-17)16(21)19(14)10-15(20)18-9-13-4-3-7-22-13/h3-7,11H,9-10H2,1-2H3,(H,18,20). The van der Waals surface area contributed by atoms with E-state index in [1.54, 1.807) is 18.2 Å². The average molecular weight is 299 g/mol. The number of hydrogen-bond donors (Lipinski definition) is 1. The number of hydrogen-bond acceptors (Lipinski definition) is 4. The van der Waals surface area contributed by atoms with Crippen molar-refractivity contribution < 1.29 is 9.21 Å². The SMILES string of the molecule is CC(C)c1ccc(C#N)c(=O)n1CC(=O)NCc1ccco1. The zero-order valence-corrected chi connectivity index (χ0v) is 12.5. The largest absolute Gasteiger partial charge is 0.467 e. The van der Waals surface area contributed by atoms with Crippen molar-refractivity contribution in [2.45, 2.75) is 32.9 Å². The molecule has 0 saturated carbocycles. The minimum atomic E-state index is -0.443. The Morgan fingerprint density at radius 2 is 2.18 bits per heavy atom. The number of carbonyl (C=O) groups excluding carboxylic acids is 1. The van der Waals surface area contributed by atoms with Gasteiger partial charge in [-0.05, 0) is 30.2 Å². The summed E-state index contributed by atoms with van der Waals surface area (Å²) >= 11 is 0. The molecule has 2 aromatic rings. The van der Waals surface area contributed by atoms with Crippen molar-refractivity contribution in [3.8, 4) is 6.07 Å². The lowest BCUT2D eigenvalue weighted by atomic mass is 10.1. The Hall–Kier alpha value is -2.81. The Morgan fingerprint density at radius 1 is 1.41 bits per heavy atom. The van der Waals surface area contributed by atoms with Gasteiger partial charge in [-0.25, -0.2) is 0 Å². The number of aromatic nitrogens is 1. The van der Waals surface area contributed by atoms with Crippen molar-refractivity contribution in [2.24, 2.45) is 0 Å². The highest BCUT2D eigenvalue weighted by molar-refractivity contribution is 5.75. The maximum atomic E-state index is 12.2. The number of nitrogens with one attached hydrogen (secondary N) is 1. The summed E-state index contributed by atoms with van der Waals surface area (Å²) in [6.45, 7) is 3.99. The van der Waals surface area contributed by atoms with Crippen molar-refractivity contribution in [3.63, 3.8) is 0 Å². The third-order valence-electron chi connectivity index (χ3n) is 3.26. The first kappa shape index (κ1) is 15.6. The van der Waals surface area contributed by atoms with E-state index in [9.17, 15) is 9.59 Å². The summed E-state index contributed by atoms with van der Waals surface area (Å²) in [5.74, 6) is 0.393. The molecule has 0 bridgehead atoms. The average Bonchev–Trinajstić information content (AvgIpc) is 3.00. The Balaban J connectivity index is 2.18. The van der Waals surface area contributed by atoms with Crippen LogP contribution in [0.15, 0.2) is 39.7 Å². The van der Waals surface area contributed by atoms with E-state index in [0.717, 1.165) is 5.69 Å². The Kier molecular flexibility index (Phi) is 4.79. The molecule has 6 heteroatoms. The summed E-state index contributed by atoms with van der Waals surface area (Å²) in [6, 6.07) is 8.54. The molecule has 0 aliphatic heterocycles. The van der Waals surface area contributed by atoms with Crippen molar-refractivity contribution >= 4 is 5.91 Å². The number of furan rings is 1. The van der Waals surface area contributed by atoms with Crippen LogP contribution >= 0.6 is 0 Å². The maximum absolute atomic E-state index is 12.2. The summed E-state index contributed by atoms with van der Waals surface area (Å²) in [6.07, 6.45) is 1.53. The number of nitriles is 1. The highest BCUT2D eigenvalue weighted by atomic mass is 16.3. The van der Waals surface area contributed by atoms with E-state index < -0.39 is 5.56 Å². The molecule has 2 aromatic heterocycles. The third-order valence-corrected chi connectivity index (χ3v) is 3.26. The molecule has 0 aliphatic rings. The molecule has 0 radical (unpaired) electrons. The van der Waals surface area contributed by atoms with Crippen molar-refractivity contribution in [1.82, 2.24) is 9.88 Å². The number of rotatable bonds is 5. The van der Waals surface area contributed by atoms with Crippen LogP contribution in [0.3, 0.4) is 0 Å². The summed E-state index contributed by atoms with van der Waals surface area (Å²) in [5.41, 5.74) is 0.308. The highest BCUT2D eigenvalue weighted by Gasteiger charge is 2.14. The molecule has 22 heavy (non-hydrogen) atoms. The number of amides is 1. The molecule has 2 heterocycles. The van der Waals surface area contributed by atoms with Crippen LogP contribution in [0.2, 0.25) is 0 Å². The fourth-order valence-electron chi connectivity index (χ4n) is 2.14. The van der Waals surface area contributed by atoms with Crippen LogP contribution in [0.1, 0.15) is 36.8 Å². The number of nitrogens with zero attached hydrogens (tertiary/aromatic N) is 2. The van der Waals surface area contributed by atoms with Gasteiger partial charge in [0.1, 0.15) is 23.9 Å². The van der Waals surface area contributed by atoms with Gasteiger partial charge in [-0.1, -0.05) is 13.8 Å². The summed E-state index contributed by atoms with van der Waals surface area (Å²) in [5, 5.41) is 11.6. The van der Waals surface area contributed by atoms with E-state index in [1.807, 2.05) is 19.9 Å². The lowest BCUT2D eigenvalue weighted by Crippen LogP contribution is -2.34. The Morgan fingerprint density at radius 3 is 2.77 bits per heavy atom. The molecule has 0 fully saturated rings. The van der Waals surface area contributed by atoms with E-state index in [1.165, 1.54) is 16.9 Å². The molecule has 2 rings (SSSR count). The van der Waals surface area contributed by atoms with Crippen LogP contribution in [0.5, 0.6) is 0 Å². The first-order chi connectivity index (χ1) is 10.5. The zero-order valence-electron chi connectivity index (χ0n) is 12.5. The smallest absolute Gasteiger partial charge is 0.269 e. The lowest BCUT2D eigenvalue weighted by Gasteiger charge is -2.15. The molecule has 0 unspecified atom stereocenters. The molecule has 0 aliphatic carbocycles. The van der Waals surface area contributed by atoms with Crippen LogP contribution in [0.25, 0.3) is 0 Å². The second kappa shape index (κ2) is 6.76. The van der Waals surface area contributed by atoms with Crippen LogP contribution < -0.4 is 10.9 Å². The summed E-state index contributed by atoms with van der Waals surface area (Å²) in [4.78, 5) is 24.3. The first-order valence-corrected chi connectivity index (χ1v) is 6.96. The Bertz CT molecular complexity index is 752. The van der Waals surface area contributed by atoms with Gasteiger partial charge in [0, 0.05) is 5.69 Å². The van der Waals surface area contributed by atoms with E-state index in [4.69, 9.17) is 9.68 Å². The van der Waals surface area contributed by atoms with Gasteiger partial charge in [0.15, 0.2) is 0 Å². The second-order valence-electron chi connectivity index (χ2n) is 5.19. The zero-order chi connectivity index (χ0) is 16.1. The molecular weight excluding hydrogens is 282 g/mol. The molecule has 0 spiro atoms. The predicted octanol–water partition coefficient (Wildman–Crippen LogP) is 1.75. The molecular formula is C16H17N3O3. The maximum Gasteiger partial charge on any atom is 0.269 e. The molecule has 6 nitrogen and oxygen atoms in total. The van der Waals surface area contributed by atoms with E-state index in [0.29, 0.717) is 5.76 Å². The van der Waals surface area contributed by atoms with Crippen LogP contribution in [-0.2, 0) is 17.9 Å². The molecule has 114 valence electrons. The van der Waals surface area contributed by atoms with Gasteiger partial charge in [0.2, 0.25) is 5.91 Å². The molecule has 0 aromatic carbocycles. The van der Waals surface area contributed by atoms with Crippen molar-refractivity contribution in [3.05, 3.63) is 57.9 Å². The van der Waals surface area contributed by atoms with Gasteiger partial charge in [0.25, 0.3) is 5.56 Å². The molecule has 1 N–H and O–H groups in total. The monoisotopic (exact) mass is 299 g/mol. The second-order valence-corrected chi connectivity index (χ2v) is 5.19. The van der Waals surface area contributed by atoms with Crippen LogP contribution in [-0.4, -0.2) is 10.5 Å². The van der Waals surface area contributed by atoms with Gasteiger partial charge < -0.3 is 14.3 Å². The fourth-order valence-corrected chi connectivity index (χ4v) is 2.14. The summed E-state index contributed by atoms with van der Waals surface area (Å²) < 4.78 is 6.48. The van der Waals surface area contributed by atoms with Gasteiger partial charge in [0.05, 0.1) is 12.8 Å². The van der Waals surface area contributed by atoms with E-state index in [2.05, 4.69) is 5.32 Å². The van der Waals surface area contributed by atoms with Crippen molar-refractivity contribution in [2.75, 3.05) is 0 Å². The van der Waals surface area contributed by atoms with E-state index >= 15 is 0 Å². The molecule has 0 saturated heterocycles. The van der Waals surface area contributed by atoms with Gasteiger partial charge in [-0.3, -0.25) is 9.59 Å². The van der Waals surface area contributed by atoms with Crippen LogP contribution in [0.4, 0.5) is 0 Å². The van der Waals surface area contributed by atoms with Crippen molar-refractivity contribution in [1.29, 1.82) is 5.26 Å². The molecule has 0 atom stereocenters. The number of pyridine rings is 1. The highest BCUT2D eigenvalue weighted by Crippen LogP contribution is 2.12. The minimum absolute atomic E-state index is 0.0308. The lowest BCUT2D eigenvalue weighted by molar-refractivity contribution is -0.122. The predicted molar refractivity (Wildman–Crippen MR) is 80.1 cm³/mol. The fraction of sp³-hybridized carbons (Fsp3) is 0.312. The minimum Gasteiger partial charge on any atom is -0.467 e. The number of carbonyl (C=O) groups is 1.